The molecule has 1 fully saturated rings. The first-order valence-corrected chi connectivity index (χ1v) is 12.3. The fraction of sp³-hybridized carbons (Fsp3) is 0.357. The molecule has 7 rings (SSSR count). The van der Waals surface area contributed by atoms with Crippen molar-refractivity contribution in [2.45, 2.75) is 25.3 Å². The van der Waals surface area contributed by atoms with E-state index >= 15 is 0 Å². The van der Waals surface area contributed by atoms with Gasteiger partial charge in [0, 0.05) is 26.1 Å². The molecule has 0 aliphatic carbocycles. The van der Waals surface area contributed by atoms with Gasteiger partial charge in [-0.05, 0) is 40.8 Å². The summed E-state index contributed by atoms with van der Waals surface area (Å²) in [4.78, 5) is 23.3. The van der Waals surface area contributed by atoms with Gasteiger partial charge in [-0.15, -0.1) is 0 Å². The fourth-order valence-electron chi connectivity index (χ4n) is 5.89. The summed E-state index contributed by atoms with van der Waals surface area (Å²) in [5.41, 5.74) is 7.13. The predicted molar refractivity (Wildman–Crippen MR) is 130 cm³/mol. The minimum atomic E-state index is -0.202. The Morgan fingerprint density at radius 3 is 2.51 bits per heavy atom. The number of benzene rings is 2. The maximum absolute atomic E-state index is 13.7. The first kappa shape index (κ1) is 20.8. The molecule has 3 aromatic rings. The van der Waals surface area contributed by atoms with Crippen molar-refractivity contribution in [2.75, 3.05) is 44.5 Å². The van der Waals surface area contributed by atoms with E-state index in [0.29, 0.717) is 31.7 Å². The monoisotopic (exact) mass is 469 g/mol. The summed E-state index contributed by atoms with van der Waals surface area (Å²) in [6.07, 6.45) is 0.714. The van der Waals surface area contributed by atoms with E-state index in [0.717, 1.165) is 47.2 Å². The average molecular weight is 470 g/mol. The second-order valence-corrected chi connectivity index (χ2v) is 9.74. The standard InChI is InChI=1S/C28H27N3O4/c1-17-15-31-27(20-14-25-24(13-19(17)20)34-16-35-25)26-21(28(31)32)12-23(30-7-9-33-10-8-30)22(29-26)11-18-5-3-2-4-6-18/h2-6,12-14,17,27H,7-11,15-16H2,1H3. The van der Waals surface area contributed by atoms with E-state index in [2.05, 4.69) is 54.3 Å². The number of carbonyl (C=O) groups excluding carboxylic acids is 1. The second kappa shape index (κ2) is 7.99. The quantitative estimate of drug-likeness (QED) is 0.580. The van der Waals surface area contributed by atoms with Crippen LogP contribution in [0.4, 0.5) is 5.69 Å². The van der Waals surface area contributed by atoms with Crippen molar-refractivity contribution in [3.05, 3.63) is 82.2 Å². The molecule has 1 aromatic heterocycles. The summed E-state index contributed by atoms with van der Waals surface area (Å²) in [6.45, 7) is 6.03. The molecule has 2 atom stereocenters. The highest BCUT2D eigenvalue weighted by atomic mass is 16.7. The normalized spacial score (nSPS) is 22.1. The lowest BCUT2D eigenvalue weighted by Crippen LogP contribution is -2.37. The van der Waals surface area contributed by atoms with Crippen molar-refractivity contribution in [3.8, 4) is 11.5 Å². The molecule has 2 aromatic carbocycles. The molecule has 7 heteroatoms. The minimum Gasteiger partial charge on any atom is -0.454 e. The maximum atomic E-state index is 13.7. The number of amides is 1. The first-order valence-electron chi connectivity index (χ1n) is 12.3. The number of anilines is 1. The van der Waals surface area contributed by atoms with E-state index in [1.807, 2.05) is 11.0 Å². The average Bonchev–Trinajstić information content (AvgIpc) is 3.46. The van der Waals surface area contributed by atoms with Gasteiger partial charge in [0.2, 0.25) is 6.79 Å². The van der Waals surface area contributed by atoms with Crippen molar-refractivity contribution in [3.63, 3.8) is 0 Å². The predicted octanol–water partition coefficient (Wildman–Crippen LogP) is 3.90. The van der Waals surface area contributed by atoms with Gasteiger partial charge in [0.05, 0.1) is 35.9 Å². The van der Waals surface area contributed by atoms with Gasteiger partial charge in [-0.3, -0.25) is 9.78 Å². The Morgan fingerprint density at radius 2 is 1.74 bits per heavy atom. The fourth-order valence-corrected chi connectivity index (χ4v) is 5.89. The van der Waals surface area contributed by atoms with Gasteiger partial charge < -0.3 is 24.0 Å². The SMILES string of the molecule is CC1CN2C(=O)c3cc(N4CCOCC4)c(Cc4ccccc4)nc3C2c2cc3c(cc21)OCO3. The Bertz CT molecular complexity index is 1320. The molecule has 0 N–H and O–H groups in total. The van der Waals surface area contributed by atoms with Crippen molar-refractivity contribution in [2.24, 2.45) is 0 Å². The molecule has 0 bridgehead atoms. The third kappa shape index (κ3) is 3.29. The van der Waals surface area contributed by atoms with Gasteiger partial charge in [0.25, 0.3) is 5.91 Å². The molecular formula is C28H27N3O4. The van der Waals surface area contributed by atoms with Crippen LogP contribution in [0.1, 0.15) is 57.3 Å². The maximum Gasteiger partial charge on any atom is 0.256 e. The number of fused-ring (bicyclic) bond motifs is 6. The molecule has 4 aliphatic heterocycles. The highest BCUT2D eigenvalue weighted by Gasteiger charge is 2.45. The molecule has 1 saturated heterocycles. The Labute approximate surface area is 204 Å². The molecule has 0 radical (unpaired) electrons. The van der Waals surface area contributed by atoms with Gasteiger partial charge in [-0.25, -0.2) is 0 Å². The van der Waals surface area contributed by atoms with Crippen LogP contribution in [0.25, 0.3) is 0 Å². The number of hydrogen-bond acceptors (Lipinski definition) is 6. The summed E-state index contributed by atoms with van der Waals surface area (Å²) in [5.74, 6) is 1.80. The van der Waals surface area contributed by atoms with Crippen LogP contribution in [0.5, 0.6) is 11.5 Å². The number of nitrogens with zero attached hydrogens (tertiary/aromatic N) is 3. The Hall–Kier alpha value is -3.58. The molecule has 2 unspecified atom stereocenters. The van der Waals surface area contributed by atoms with Crippen LogP contribution >= 0.6 is 0 Å². The zero-order valence-corrected chi connectivity index (χ0v) is 19.7. The number of morpholine rings is 1. The van der Waals surface area contributed by atoms with Crippen LogP contribution in [0.2, 0.25) is 0 Å². The highest BCUT2D eigenvalue weighted by Crippen LogP contribution is 2.49. The zero-order valence-electron chi connectivity index (χ0n) is 19.7. The van der Waals surface area contributed by atoms with Crippen molar-refractivity contribution in [1.29, 1.82) is 0 Å². The Kier molecular flexibility index (Phi) is 4.74. The summed E-state index contributed by atoms with van der Waals surface area (Å²) in [7, 11) is 0. The van der Waals surface area contributed by atoms with Gasteiger partial charge >= 0.3 is 0 Å². The molecule has 1 amide bonds. The molecule has 5 heterocycles. The summed E-state index contributed by atoms with van der Waals surface area (Å²) in [5, 5.41) is 0. The van der Waals surface area contributed by atoms with E-state index in [9.17, 15) is 4.79 Å². The third-order valence-corrected chi connectivity index (χ3v) is 7.61. The molecule has 7 nitrogen and oxygen atoms in total. The number of pyridine rings is 1. The summed E-state index contributed by atoms with van der Waals surface area (Å²) in [6, 6.07) is 16.4. The lowest BCUT2D eigenvalue weighted by molar-refractivity contribution is 0.0724. The third-order valence-electron chi connectivity index (χ3n) is 7.61. The van der Waals surface area contributed by atoms with Crippen LogP contribution < -0.4 is 14.4 Å². The van der Waals surface area contributed by atoms with Gasteiger partial charge in [0.1, 0.15) is 6.04 Å². The van der Waals surface area contributed by atoms with Crippen molar-refractivity contribution >= 4 is 11.6 Å². The van der Waals surface area contributed by atoms with Crippen LogP contribution in [-0.2, 0) is 11.2 Å². The number of aromatic nitrogens is 1. The minimum absolute atomic E-state index is 0.0634. The number of hydrogen-bond donors (Lipinski definition) is 0. The molecular weight excluding hydrogens is 442 g/mol. The van der Waals surface area contributed by atoms with E-state index in [-0.39, 0.29) is 24.7 Å². The first-order chi connectivity index (χ1) is 17.2. The Balaban J connectivity index is 1.38. The lowest BCUT2D eigenvalue weighted by atomic mass is 9.85. The molecule has 35 heavy (non-hydrogen) atoms. The smallest absolute Gasteiger partial charge is 0.256 e. The largest absolute Gasteiger partial charge is 0.454 e. The van der Waals surface area contributed by atoms with Crippen LogP contribution in [0, 0.1) is 0 Å². The molecule has 0 spiro atoms. The van der Waals surface area contributed by atoms with E-state index in [1.54, 1.807) is 0 Å². The zero-order chi connectivity index (χ0) is 23.5. The van der Waals surface area contributed by atoms with E-state index < -0.39 is 0 Å². The van der Waals surface area contributed by atoms with Crippen molar-refractivity contribution in [1.82, 2.24) is 9.88 Å². The molecule has 0 saturated carbocycles. The van der Waals surface area contributed by atoms with Crippen LogP contribution in [0.3, 0.4) is 0 Å². The number of rotatable bonds is 3. The lowest BCUT2D eigenvalue weighted by Gasteiger charge is -2.36. The summed E-state index contributed by atoms with van der Waals surface area (Å²) >= 11 is 0. The number of carbonyl (C=O) groups is 1. The van der Waals surface area contributed by atoms with Gasteiger partial charge in [-0.2, -0.15) is 0 Å². The number of ether oxygens (including phenoxy) is 3. The summed E-state index contributed by atoms with van der Waals surface area (Å²) < 4.78 is 16.9. The highest BCUT2D eigenvalue weighted by molar-refractivity contribution is 6.00. The topological polar surface area (TPSA) is 64.1 Å². The van der Waals surface area contributed by atoms with Gasteiger partial charge in [-0.1, -0.05) is 37.3 Å². The van der Waals surface area contributed by atoms with E-state index in [4.69, 9.17) is 19.2 Å². The van der Waals surface area contributed by atoms with E-state index in [1.165, 1.54) is 11.1 Å². The van der Waals surface area contributed by atoms with Crippen molar-refractivity contribution < 1.29 is 19.0 Å². The second-order valence-electron chi connectivity index (χ2n) is 9.74. The molecule has 178 valence electrons. The van der Waals surface area contributed by atoms with Crippen LogP contribution in [0.15, 0.2) is 48.5 Å². The molecule has 4 aliphatic rings. The van der Waals surface area contributed by atoms with Gasteiger partial charge in [0.15, 0.2) is 11.5 Å². The Morgan fingerprint density at radius 1 is 1.00 bits per heavy atom. The van der Waals surface area contributed by atoms with Crippen LogP contribution in [-0.4, -0.2) is 55.4 Å².